The number of benzene rings is 1. The molecule has 1 aromatic rings. The lowest BCUT2D eigenvalue weighted by Crippen LogP contribution is -2.27. The second-order valence-corrected chi connectivity index (χ2v) is 3.42. The molecule has 0 aliphatic rings. The predicted molar refractivity (Wildman–Crippen MR) is 60.5 cm³/mol. The fraction of sp³-hybridized carbons (Fsp3) is 0.200. The Morgan fingerprint density at radius 1 is 1.53 bits per heavy atom. The number of nitro benzene ring substituents is 1. The zero-order valence-electron chi connectivity index (χ0n) is 9.30. The van der Waals surface area contributed by atoms with Crippen LogP contribution in [-0.4, -0.2) is 29.9 Å². The smallest absolute Gasteiger partial charge is 0.321 e. The molecule has 0 saturated carbocycles. The number of nitrogens with zero attached hydrogens (tertiary/aromatic N) is 3. The van der Waals surface area contributed by atoms with E-state index in [1.165, 1.54) is 17.0 Å². The molecule has 0 radical (unpaired) electrons. The van der Waals surface area contributed by atoms with Crippen molar-refractivity contribution in [2.75, 3.05) is 19.4 Å². The number of hydrogen-bond acceptors (Lipinski definition) is 4. The lowest BCUT2D eigenvalue weighted by atomic mass is 10.1. The van der Waals surface area contributed by atoms with Crippen molar-refractivity contribution < 1.29 is 9.72 Å². The summed E-state index contributed by atoms with van der Waals surface area (Å²) in [4.78, 5) is 22.6. The fourth-order valence-electron chi connectivity index (χ4n) is 1.07. The van der Waals surface area contributed by atoms with E-state index in [0.29, 0.717) is 0 Å². The molecule has 0 fully saturated rings. The number of nitriles is 1. The summed E-state index contributed by atoms with van der Waals surface area (Å²) in [7, 11) is 3.10. The summed E-state index contributed by atoms with van der Waals surface area (Å²) in [5.41, 5.74) is 0.107. The van der Waals surface area contributed by atoms with Crippen LogP contribution in [0.2, 0.25) is 0 Å². The van der Waals surface area contributed by atoms with Crippen LogP contribution in [0.5, 0.6) is 0 Å². The first-order valence-corrected chi connectivity index (χ1v) is 4.62. The van der Waals surface area contributed by atoms with E-state index in [2.05, 4.69) is 5.32 Å². The van der Waals surface area contributed by atoms with Gasteiger partial charge in [0.05, 0.1) is 16.2 Å². The van der Waals surface area contributed by atoms with Crippen molar-refractivity contribution in [2.45, 2.75) is 0 Å². The summed E-state index contributed by atoms with van der Waals surface area (Å²) in [6.45, 7) is 0. The molecule has 0 bridgehead atoms. The van der Waals surface area contributed by atoms with Crippen LogP contribution in [-0.2, 0) is 0 Å². The Morgan fingerprint density at radius 3 is 2.65 bits per heavy atom. The Hall–Kier alpha value is -2.62. The van der Waals surface area contributed by atoms with Crippen molar-refractivity contribution in [3.8, 4) is 6.07 Å². The number of anilines is 1. The van der Waals surface area contributed by atoms with Gasteiger partial charge in [0.15, 0.2) is 0 Å². The lowest BCUT2D eigenvalue weighted by molar-refractivity contribution is -0.384. The van der Waals surface area contributed by atoms with Gasteiger partial charge in [-0.1, -0.05) is 0 Å². The average molecular weight is 234 g/mol. The maximum absolute atomic E-state index is 11.4. The van der Waals surface area contributed by atoms with Crippen molar-refractivity contribution in [1.29, 1.82) is 5.26 Å². The molecule has 7 heteroatoms. The van der Waals surface area contributed by atoms with Gasteiger partial charge in [-0.15, -0.1) is 0 Å². The third-order valence-electron chi connectivity index (χ3n) is 1.98. The molecular weight excluding hydrogens is 224 g/mol. The van der Waals surface area contributed by atoms with Crippen molar-refractivity contribution in [2.24, 2.45) is 0 Å². The molecule has 0 heterocycles. The van der Waals surface area contributed by atoms with Gasteiger partial charge in [0, 0.05) is 26.2 Å². The third-order valence-corrected chi connectivity index (χ3v) is 1.98. The van der Waals surface area contributed by atoms with E-state index in [-0.39, 0.29) is 16.9 Å². The molecule has 0 unspecified atom stereocenters. The Balaban J connectivity index is 3.06. The molecule has 0 spiro atoms. The van der Waals surface area contributed by atoms with Crippen LogP contribution in [0.3, 0.4) is 0 Å². The summed E-state index contributed by atoms with van der Waals surface area (Å²) in [5, 5.41) is 21.8. The van der Waals surface area contributed by atoms with Crippen LogP contribution >= 0.6 is 0 Å². The largest absolute Gasteiger partial charge is 0.331 e. The first-order chi connectivity index (χ1) is 7.95. The number of non-ortho nitro benzene ring substituents is 1. The first kappa shape index (κ1) is 12.4. The molecule has 0 saturated heterocycles. The molecule has 0 aliphatic heterocycles. The summed E-state index contributed by atoms with van der Waals surface area (Å²) < 4.78 is 0. The normalized spacial score (nSPS) is 9.24. The molecule has 1 N–H and O–H groups in total. The Kier molecular flexibility index (Phi) is 3.62. The molecule has 1 aromatic carbocycles. The monoisotopic (exact) mass is 234 g/mol. The highest BCUT2D eigenvalue weighted by Crippen LogP contribution is 2.21. The number of urea groups is 1. The van der Waals surface area contributed by atoms with Gasteiger partial charge in [-0.3, -0.25) is 10.1 Å². The summed E-state index contributed by atoms with van der Waals surface area (Å²) >= 11 is 0. The van der Waals surface area contributed by atoms with Crippen LogP contribution in [0.4, 0.5) is 16.2 Å². The number of carbonyl (C=O) groups is 1. The minimum atomic E-state index is -0.599. The molecule has 17 heavy (non-hydrogen) atoms. The van der Waals surface area contributed by atoms with E-state index >= 15 is 0 Å². The molecule has 0 aromatic heterocycles. The van der Waals surface area contributed by atoms with Gasteiger partial charge < -0.3 is 10.2 Å². The van der Waals surface area contributed by atoms with Crippen LogP contribution < -0.4 is 5.32 Å². The van der Waals surface area contributed by atoms with E-state index < -0.39 is 11.0 Å². The van der Waals surface area contributed by atoms with E-state index in [4.69, 9.17) is 5.26 Å². The molecular formula is C10H10N4O3. The SMILES string of the molecule is CN(C)C(=O)Nc1ccc([N+](=O)[O-])cc1C#N. The van der Waals surface area contributed by atoms with Gasteiger partial charge in [-0.25, -0.2) is 4.79 Å². The van der Waals surface area contributed by atoms with Crippen LogP contribution in [0.15, 0.2) is 18.2 Å². The Morgan fingerprint density at radius 2 is 2.18 bits per heavy atom. The lowest BCUT2D eigenvalue weighted by Gasteiger charge is -2.12. The summed E-state index contributed by atoms with van der Waals surface area (Å²) in [6, 6.07) is 5.07. The van der Waals surface area contributed by atoms with Crippen molar-refractivity contribution >= 4 is 17.4 Å². The standard InChI is InChI=1S/C10H10N4O3/c1-13(2)10(15)12-9-4-3-8(14(16)17)5-7(9)6-11/h3-5H,1-2H3,(H,12,15). The third kappa shape index (κ3) is 2.92. The Bertz CT molecular complexity index is 505. The topological polar surface area (TPSA) is 99.3 Å². The highest BCUT2D eigenvalue weighted by molar-refractivity contribution is 5.90. The predicted octanol–water partition coefficient (Wildman–Crippen LogP) is 1.56. The van der Waals surface area contributed by atoms with E-state index in [1.807, 2.05) is 0 Å². The van der Waals surface area contributed by atoms with Gasteiger partial charge in [0.25, 0.3) is 5.69 Å². The summed E-state index contributed by atoms with van der Waals surface area (Å²) in [6.07, 6.45) is 0. The van der Waals surface area contributed by atoms with Crippen molar-refractivity contribution in [3.63, 3.8) is 0 Å². The number of hydrogen-bond donors (Lipinski definition) is 1. The number of rotatable bonds is 2. The second kappa shape index (κ2) is 4.94. The zero-order chi connectivity index (χ0) is 13.0. The van der Waals surface area contributed by atoms with E-state index in [9.17, 15) is 14.9 Å². The Labute approximate surface area is 97.4 Å². The van der Waals surface area contributed by atoms with E-state index in [1.54, 1.807) is 20.2 Å². The van der Waals surface area contributed by atoms with Gasteiger partial charge in [0.1, 0.15) is 6.07 Å². The minimum absolute atomic E-state index is 0.0504. The average Bonchev–Trinajstić information content (AvgIpc) is 2.28. The first-order valence-electron chi connectivity index (χ1n) is 4.62. The minimum Gasteiger partial charge on any atom is -0.331 e. The van der Waals surface area contributed by atoms with Gasteiger partial charge in [-0.05, 0) is 6.07 Å². The molecule has 1 rings (SSSR count). The summed E-state index contributed by atoms with van der Waals surface area (Å²) in [5.74, 6) is 0. The number of nitrogens with one attached hydrogen (secondary N) is 1. The maximum atomic E-state index is 11.4. The second-order valence-electron chi connectivity index (χ2n) is 3.42. The van der Waals surface area contributed by atoms with E-state index in [0.717, 1.165) is 6.07 Å². The maximum Gasteiger partial charge on any atom is 0.321 e. The van der Waals surface area contributed by atoms with Crippen molar-refractivity contribution in [1.82, 2.24) is 4.90 Å². The van der Waals surface area contributed by atoms with Crippen LogP contribution in [0.1, 0.15) is 5.56 Å². The van der Waals surface area contributed by atoms with Crippen molar-refractivity contribution in [3.05, 3.63) is 33.9 Å². The highest BCUT2D eigenvalue weighted by atomic mass is 16.6. The molecule has 2 amide bonds. The number of amides is 2. The number of carbonyl (C=O) groups excluding carboxylic acids is 1. The fourth-order valence-corrected chi connectivity index (χ4v) is 1.07. The quantitative estimate of drug-likeness (QED) is 0.619. The van der Waals surface area contributed by atoms with Gasteiger partial charge in [-0.2, -0.15) is 5.26 Å². The van der Waals surface area contributed by atoms with Gasteiger partial charge >= 0.3 is 6.03 Å². The number of nitro groups is 1. The zero-order valence-corrected chi connectivity index (χ0v) is 9.30. The molecule has 88 valence electrons. The van der Waals surface area contributed by atoms with Gasteiger partial charge in [0.2, 0.25) is 0 Å². The highest BCUT2D eigenvalue weighted by Gasteiger charge is 2.13. The van der Waals surface area contributed by atoms with Crippen LogP contribution in [0, 0.1) is 21.4 Å². The molecule has 7 nitrogen and oxygen atoms in total. The van der Waals surface area contributed by atoms with Crippen LogP contribution in [0.25, 0.3) is 0 Å². The molecule has 0 atom stereocenters. The molecule has 0 aliphatic carbocycles.